The van der Waals surface area contributed by atoms with E-state index >= 15 is 0 Å². The van der Waals surface area contributed by atoms with E-state index in [0.717, 1.165) is 24.4 Å². The molecule has 1 aliphatic carbocycles. The van der Waals surface area contributed by atoms with Crippen LogP contribution in [0.3, 0.4) is 0 Å². The van der Waals surface area contributed by atoms with Gasteiger partial charge in [-0.15, -0.1) is 0 Å². The van der Waals surface area contributed by atoms with E-state index in [0.29, 0.717) is 22.6 Å². The molecule has 5 heteroatoms. The van der Waals surface area contributed by atoms with Gasteiger partial charge < -0.3 is 14.0 Å². The van der Waals surface area contributed by atoms with Crippen molar-refractivity contribution in [3.63, 3.8) is 0 Å². The molecule has 5 nitrogen and oxygen atoms in total. The molecule has 0 radical (unpaired) electrons. The topological polar surface area (TPSA) is 57.5 Å². The van der Waals surface area contributed by atoms with Crippen molar-refractivity contribution in [2.75, 3.05) is 13.7 Å². The molecule has 1 aromatic heterocycles. The van der Waals surface area contributed by atoms with E-state index in [1.165, 1.54) is 45.3 Å². The summed E-state index contributed by atoms with van der Waals surface area (Å²) in [7, 11) is 1.52. The summed E-state index contributed by atoms with van der Waals surface area (Å²) < 4.78 is 13.3. The highest BCUT2D eigenvalue weighted by molar-refractivity contribution is 5.98. The van der Waals surface area contributed by atoms with Crippen molar-refractivity contribution >= 4 is 11.6 Å². The van der Waals surface area contributed by atoms with Crippen LogP contribution >= 0.6 is 0 Å². The van der Waals surface area contributed by atoms with Crippen LogP contribution in [0.4, 0.5) is 0 Å². The van der Waals surface area contributed by atoms with Gasteiger partial charge in [-0.05, 0) is 77.1 Å². The Bertz CT molecular complexity index is 968. The van der Waals surface area contributed by atoms with Crippen LogP contribution in [0.2, 0.25) is 0 Å². The molecule has 0 spiro atoms. The van der Waals surface area contributed by atoms with Gasteiger partial charge in [-0.1, -0.05) is 11.6 Å². The maximum absolute atomic E-state index is 12.8. The molecule has 1 aliphatic rings. The number of allylic oxidation sites excluding steroid dienone is 2. The average molecular weight is 410 g/mol. The Morgan fingerprint density at radius 3 is 2.57 bits per heavy atom. The molecule has 0 amide bonds. The number of rotatable bonds is 9. The highest BCUT2D eigenvalue weighted by atomic mass is 16.5. The van der Waals surface area contributed by atoms with E-state index in [1.807, 2.05) is 19.9 Å². The maximum atomic E-state index is 12.8. The number of Topliss-reactive ketones (excluding diaryl/α,β-unsaturated/α-hetero) is 2. The number of aryl methyl sites for hydroxylation is 1. The molecule has 3 rings (SSSR count). The van der Waals surface area contributed by atoms with Crippen LogP contribution in [0.15, 0.2) is 35.9 Å². The lowest BCUT2D eigenvalue weighted by molar-refractivity contribution is 0.0917. The number of carbonyl (C=O) groups is 2. The van der Waals surface area contributed by atoms with E-state index in [-0.39, 0.29) is 18.2 Å². The highest BCUT2D eigenvalue weighted by Crippen LogP contribution is 2.29. The fourth-order valence-electron chi connectivity index (χ4n) is 4.04. The number of hydrogen-bond acceptors (Lipinski definition) is 4. The van der Waals surface area contributed by atoms with Gasteiger partial charge in [0.15, 0.2) is 23.9 Å². The first-order valence-corrected chi connectivity index (χ1v) is 10.6. The monoisotopic (exact) mass is 409 g/mol. The van der Waals surface area contributed by atoms with Gasteiger partial charge in [0, 0.05) is 29.1 Å². The third kappa shape index (κ3) is 5.02. The van der Waals surface area contributed by atoms with Crippen molar-refractivity contribution in [2.24, 2.45) is 0 Å². The van der Waals surface area contributed by atoms with Crippen molar-refractivity contribution in [2.45, 2.75) is 59.4 Å². The number of carbonyl (C=O) groups excluding carboxylic acids is 2. The Balaban J connectivity index is 1.67. The second kappa shape index (κ2) is 9.79. The molecule has 160 valence electrons. The van der Waals surface area contributed by atoms with Gasteiger partial charge in [0.05, 0.1) is 7.11 Å². The molecule has 2 aromatic rings. The van der Waals surface area contributed by atoms with Crippen molar-refractivity contribution in [3.05, 3.63) is 58.4 Å². The van der Waals surface area contributed by atoms with Crippen LogP contribution in [-0.4, -0.2) is 29.9 Å². The second-order valence-electron chi connectivity index (χ2n) is 7.93. The summed E-state index contributed by atoms with van der Waals surface area (Å²) in [4.78, 5) is 24.4. The summed E-state index contributed by atoms with van der Waals surface area (Å²) in [6, 6.07) is 6.93. The molecule has 0 fully saturated rings. The van der Waals surface area contributed by atoms with E-state index < -0.39 is 0 Å². The molecule has 0 bridgehead atoms. The summed E-state index contributed by atoms with van der Waals surface area (Å²) in [6.45, 7) is 6.36. The smallest absolute Gasteiger partial charge is 0.202 e. The fourth-order valence-corrected chi connectivity index (χ4v) is 4.04. The van der Waals surface area contributed by atoms with Crippen molar-refractivity contribution in [3.8, 4) is 11.5 Å². The number of aromatic nitrogens is 1. The quantitative estimate of drug-likeness (QED) is 0.407. The van der Waals surface area contributed by atoms with Crippen LogP contribution in [0, 0.1) is 13.8 Å². The Labute approximate surface area is 178 Å². The van der Waals surface area contributed by atoms with Gasteiger partial charge in [-0.3, -0.25) is 9.59 Å². The Morgan fingerprint density at radius 1 is 1.10 bits per heavy atom. The molecule has 0 unspecified atom stereocenters. The maximum Gasteiger partial charge on any atom is 0.202 e. The minimum atomic E-state index is -0.0782. The van der Waals surface area contributed by atoms with Crippen LogP contribution in [-0.2, 0) is 6.54 Å². The average Bonchev–Trinajstić information content (AvgIpc) is 3.04. The summed E-state index contributed by atoms with van der Waals surface area (Å²) in [5.41, 5.74) is 4.85. The largest absolute Gasteiger partial charge is 0.493 e. The fraction of sp³-hybridized carbons (Fsp3) is 0.440. The zero-order chi connectivity index (χ0) is 21.7. The first-order chi connectivity index (χ1) is 14.4. The lowest BCUT2D eigenvalue weighted by Gasteiger charge is -2.15. The predicted molar refractivity (Wildman–Crippen MR) is 118 cm³/mol. The second-order valence-corrected chi connectivity index (χ2v) is 7.93. The third-order valence-corrected chi connectivity index (χ3v) is 5.84. The van der Waals surface area contributed by atoms with Gasteiger partial charge in [-0.2, -0.15) is 0 Å². The molecular formula is C25H31NO4. The lowest BCUT2D eigenvalue weighted by atomic mass is 9.97. The van der Waals surface area contributed by atoms with Crippen molar-refractivity contribution < 1.29 is 19.1 Å². The van der Waals surface area contributed by atoms with E-state index in [2.05, 4.69) is 10.6 Å². The summed E-state index contributed by atoms with van der Waals surface area (Å²) >= 11 is 0. The van der Waals surface area contributed by atoms with Crippen LogP contribution in [0.25, 0.3) is 0 Å². The molecule has 1 heterocycles. The standard InChI is InChI=1S/C25H31NO4/c1-17-14-22(18(2)26(17)13-12-20-8-6-5-7-9-20)23(28)16-30-24-11-10-21(19(3)27)15-25(24)29-4/h8,10-11,14-15H,5-7,9,12-13,16H2,1-4H3. The lowest BCUT2D eigenvalue weighted by Crippen LogP contribution is -2.13. The minimum absolute atomic E-state index is 0.0487. The SMILES string of the molecule is COc1cc(C(C)=O)ccc1OCC(=O)c1cc(C)n(CCC2=CCCCC2)c1C. The Morgan fingerprint density at radius 2 is 1.90 bits per heavy atom. The predicted octanol–water partition coefficient (Wildman–Crippen LogP) is 5.47. The van der Waals surface area contributed by atoms with Gasteiger partial charge in [-0.25, -0.2) is 0 Å². The molecule has 30 heavy (non-hydrogen) atoms. The molecule has 0 saturated carbocycles. The van der Waals surface area contributed by atoms with Gasteiger partial charge in [0.25, 0.3) is 0 Å². The first kappa shape index (κ1) is 21.9. The van der Waals surface area contributed by atoms with Gasteiger partial charge >= 0.3 is 0 Å². The number of ether oxygens (including phenoxy) is 2. The molecule has 0 N–H and O–H groups in total. The Kier molecular flexibility index (Phi) is 7.14. The number of nitrogens with zero attached hydrogens (tertiary/aromatic N) is 1. The van der Waals surface area contributed by atoms with Gasteiger partial charge in [0.1, 0.15) is 0 Å². The molecule has 0 atom stereocenters. The number of hydrogen-bond donors (Lipinski definition) is 0. The highest BCUT2D eigenvalue weighted by Gasteiger charge is 2.18. The summed E-state index contributed by atoms with van der Waals surface area (Å²) in [6.07, 6.45) is 8.39. The van der Waals surface area contributed by atoms with E-state index in [4.69, 9.17) is 9.47 Å². The summed E-state index contributed by atoms with van der Waals surface area (Å²) in [5, 5.41) is 0. The third-order valence-electron chi connectivity index (χ3n) is 5.84. The zero-order valence-electron chi connectivity index (χ0n) is 18.4. The van der Waals surface area contributed by atoms with Crippen LogP contribution in [0.1, 0.15) is 71.1 Å². The molecular weight excluding hydrogens is 378 g/mol. The van der Waals surface area contributed by atoms with Crippen LogP contribution in [0.5, 0.6) is 11.5 Å². The van der Waals surface area contributed by atoms with E-state index in [9.17, 15) is 9.59 Å². The minimum Gasteiger partial charge on any atom is -0.493 e. The van der Waals surface area contributed by atoms with Crippen molar-refractivity contribution in [1.29, 1.82) is 0 Å². The molecule has 0 saturated heterocycles. The van der Waals surface area contributed by atoms with E-state index in [1.54, 1.807) is 18.2 Å². The first-order valence-electron chi connectivity index (χ1n) is 10.6. The van der Waals surface area contributed by atoms with Crippen molar-refractivity contribution in [1.82, 2.24) is 4.57 Å². The molecule has 1 aromatic carbocycles. The number of benzene rings is 1. The number of methoxy groups -OCH3 is 1. The van der Waals surface area contributed by atoms with Crippen LogP contribution < -0.4 is 9.47 Å². The normalized spacial score (nSPS) is 13.7. The summed E-state index contributed by atoms with van der Waals surface area (Å²) in [5.74, 6) is 0.784. The Hall–Kier alpha value is -2.82. The molecule has 0 aliphatic heterocycles. The van der Waals surface area contributed by atoms with Gasteiger partial charge in [0.2, 0.25) is 5.78 Å². The number of ketones is 2. The zero-order valence-corrected chi connectivity index (χ0v) is 18.4.